The van der Waals surface area contributed by atoms with Crippen LogP contribution in [0.1, 0.15) is 58.3 Å². The first-order valence-corrected chi connectivity index (χ1v) is 6.99. The van der Waals surface area contributed by atoms with Crippen LogP contribution >= 0.6 is 15.9 Å². The molecule has 5 heteroatoms. The molecule has 0 aromatic carbocycles. The first kappa shape index (κ1) is 14.7. The van der Waals surface area contributed by atoms with Crippen LogP contribution in [0.25, 0.3) is 0 Å². The number of nitrogens with two attached hydrogens (primary N) is 1. The van der Waals surface area contributed by atoms with E-state index in [0.29, 0.717) is 12.0 Å². The normalized spacial score (nSPS) is 15.2. The Balaban J connectivity index is 2.98. The van der Waals surface area contributed by atoms with Crippen molar-refractivity contribution in [3.05, 3.63) is 16.4 Å². The van der Waals surface area contributed by atoms with Crippen molar-refractivity contribution < 1.29 is 0 Å². The number of rotatable bonds is 6. The van der Waals surface area contributed by atoms with Crippen molar-refractivity contribution in [1.29, 1.82) is 0 Å². The van der Waals surface area contributed by atoms with E-state index < -0.39 is 0 Å². The molecule has 98 valence electrons. The van der Waals surface area contributed by atoms with E-state index in [2.05, 4.69) is 54.1 Å². The molecule has 0 spiro atoms. The van der Waals surface area contributed by atoms with Crippen LogP contribution in [0.4, 0.5) is 0 Å². The smallest absolute Gasteiger partial charge is 0.0712 e. The van der Waals surface area contributed by atoms with E-state index in [1.54, 1.807) is 0 Å². The molecule has 0 saturated heterocycles. The van der Waals surface area contributed by atoms with E-state index >= 15 is 0 Å². The van der Waals surface area contributed by atoms with Crippen LogP contribution in [0, 0.1) is 5.92 Å². The standard InChI is InChI=1S/C12H23BrN4/c1-5-9(4)6-11(16-14)12-10(13)7-15-17(12)8(2)3/h7-9,11,16H,5-6,14H2,1-4H3. The van der Waals surface area contributed by atoms with Gasteiger partial charge in [0, 0.05) is 6.04 Å². The fourth-order valence-corrected chi connectivity index (χ4v) is 2.47. The van der Waals surface area contributed by atoms with Gasteiger partial charge in [-0.1, -0.05) is 20.3 Å². The van der Waals surface area contributed by atoms with E-state index in [-0.39, 0.29) is 6.04 Å². The molecule has 0 aliphatic rings. The fraction of sp³-hybridized carbons (Fsp3) is 0.750. The molecule has 0 amide bonds. The number of hydrogen-bond donors (Lipinski definition) is 2. The molecule has 1 aromatic heterocycles. The molecule has 0 aliphatic heterocycles. The van der Waals surface area contributed by atoms with E-state index in [9.17, 15) is 0 Å². The molecule has 1 aromatic rings. The lowest BCUT2D eigenvalue weighted by molar-refractivity contribution is 0.374. The summed E-state index contributed by atoms with van der Waals surface area (Å²) in [5, 5.41) is 4.39. The Bertz CT molecular complexity index is 348. The van der Waals surface area contributed by atoms with E-state index in [4.69, 9.17) is 5.84 Å². The van der Waals surface area contributed by atoms with Gasteiger partial charge in [0.1, 0.15) is 0 Å². The van der Waals surface area contributed by atoms with E-state index in [1.165, 1.54) is 0 Å². The van der Waals surface area contributed by atoms with Gasteiger partial charge in [0.15, 0.2) is 0 Å². The van der Waals surface area contributed by atoms with Crippen molar-refractivity contribution in [2.75, 3.05) is 0 Å². The van der Waals surface area contributed by atoms with Crippen LogP contribution in [0.3, 0.4) is 0 Å². The van der Waals surface area contributed by atoms with Crippen molar-refractivity contribution in [3.8, 4) is 0 Å². The second-order valence-corrected chi connectivity index (χ2v) is 5.74. The van der Waals surface area contributed by atoms with Gasteiger partial charge in [-0.3, -0.25) is 16.0 Å². The summed E-state index contributed by atoms with van der Waals surface area (Å²) < 4.78 is 3.05. The summed E-state index contributed by atoms with van der Waals surface area (Å²) in [5.41, 5.74) is 4.06. The lowest BCUT2D eigenvalue weighted by atomic mass is 9.97. The number of hydrazine groups is 1. The molecule has 2 unspecified atom stereocenters. The zero-order chi connectivity index (χ0) is 13.0. The first-order valence-electron chi connectivity index (χ1n) is 6.20. The number of nitrogens with zero attached hydrogens (tertiary/aromatic N) is 2. The predicted octanol–water partition coefficient (Wildman–Crippen LogP) is 3.17. The maximum Gasteiger partial charge on any atom is 0.0712 e. The minimum absolute atomic E-state index is 0.143. The summed E-state index contributed by atoms with van der Waals surface area (Å²) in [4.78, 5) is 0. The van der Waals surface area contributed by atoms with Crippen molar-refractivity contribution in [2.24, 2.45) is 11.8 Å². The van der Waals surface area contributed by atoms with Gasteiger partial charge in [0.05, 0.1) is 22.4 Å². The largest absolute Gasteiger partial charge is 0.271 e. The average molecular weight is 303 g/mol. The van der Waals surface area contributed by atoms with Gasteiger partial charge in [-0.15, -0.1) is 0 Å². The van der Waals surface area contributed by atoms with E-state index in [1.807, 2.05) is 10.9 Å². The number of nitrogens with one attached hydrogen (secondary N) is 1. The highest BCUT2D eigenvalue weighted by atomic mass is 79.9. The Kier molecular flexibility index (Phi) is 5.62. The minimum atomic E-state index is 0.143. The van der Waals surface area contributed by atoms with Gasteiger partial charge < -0.3 is 0 Å². The molecule has 0 saturated carbocycles. The summed E-state index contributed by atoms with van der Waals surface area (Å²) in [6.45, 7) is 8.70. The quantitative estimate of drug-likeness (QED) is 0.627. The predicted molar refractivity (Wildman–Crippen MR) is 74.4 cm³/mol. The Morgan fingerprint density at radius 1 is 1.47 bits per heavy atom. The third-order valence-corrected chi connectivity index (χ3v) is 3.75. The third kappa shape index (κ3) is 3.53. The molecular formula is C12H23BrN4. The van der Waals surface area contributed by atoms with Crippen LogP contribution in [0.5, 0.6) is 0 Å². The molecule has 0 aliphatic carbocycles. The SMILES string of the molecule is CCC(C)CC(NN)c1c(Br)cnn1C(C)C. The number of aromatic nitrogens is 2. The summed E-state index contributed by atoms with van der Waals surface area (Å²) in [7, 11) is 0. The van der Waals surface area contributed by atoms with Gasteiger partial charge in [-0.2, -0.15) is 5.10 Å². The van der Waals surface area contributed by atoms with Crippen LogP contribution in [-0.4, -0.2) is 9.78 Å². The number of hydrogen-bond acceptors (Lipinski definition) is 3. The molecule has 2 atom stereocenters. The monoisotopic (exact) mass is 302 g/mol. The van der Waals surface area contributed by atoms with Crippen LogP contribution in [0.2, 0.25) is 0 Å². The molecule has 1 rings (SSSR count). The van der Waals surface area contributed by atoms with Crippen LogP contribution < -0.4 is 11.3 Å². The Labute approximate surface area is 112 Å². The Morgan fingerprint density at radius 2 is 2.12 bits per heavy atom. The Hall–Kier alpha value is -0.390. The topological polar surface area (TPSA) is 55.9 Å². The molecule has 0 fully saturated rings. The lowest BCUT2D eigenvalue weighted by Crippen LogP contribution is -2.31. The molecule has 0 bridgehead atoms. The molecule has 0 radical (unpaired) electrons. The van der Waals surface area contributed by atoms with Gasteiger partial charge in [0.25, 0.3) is 0 Å². The zero-order valence-electron chi connectivity index (χ0n) is 11.1. The summed E-state index contributed by atoms with van der Waals surface area (Å²) in [6, 6.07) is 0.480. The van der Waals surface area contributed by atoms with Gasteiger partial charge in [-0.05, 0) is 42.1 Å². The molecule has 17 heavy (non-hydrogen) atoms. The van der Waals surface area contributed by atoms with Crippen LogP contribution in [-0.2, 0) is 0 Å². The summed E-state index contributed by atoms with van der Waals surface area (Å²) in [6.07, 6.45) is 4.02. The van der Waals surface area contributed by atoms with Crippen LogP contribution in [0.15, 0.2) is 10.7 Å². The first-order chi connectivity index (χ1) is 8.01. The maximum atomic E-state index is 5.69. The highest BCUT2D eigenvalue weighted by molar-refractivity contribution is 9.10. The lowest BCUT2D eigenvalue weighted by Gasteiger charge is -2.22. The fourth-order valence-electron chi connectivity index (χ4n) is 1.92. The second kappa shape index (κ2) is 6.52. The van der Waals surface area contributed by atoms with Crippen molar-refractivity contribution in [3.63, 3.8) is 0 Å². The third-order valence-electron chi connectivity index (χ3n) is 3.14. The maximum absolute atomic E-state index is 5.69. The average Bonchev–Trinajstić information content (AvgIpc) is 2.67. The zero-order valence-corrected chi connectivity index (χ0v) is 12.7. The highest BCUT2D eigenvalue weighted by Crippen LogP contribution is 2.30. The van der Waals surface area contributed by atoms with Gasteiger partial charge in [-0.25, -0.2) is 0 Å². The molecule has 3 N–H and O–H groups in total. The van der Waals surface area contributed by atoms with Gasteiger partial charge >= 0.3 is 0 Å². The molecule has 4 nitrogen and oxygen atoms in total. The van der Waals surface area contributed by atoms with Gasteiger partial charge in [0.2, 0.25) is 0 Å². The highest BCUT2D eigenvalue weighted by Gasteiger charge is 2.21. The minimum Gasteiger partial charge on any atom is -0.271 e. The summed E-state index contributed by atoms with van der Waals surface area (Å²) in [5.74, 6) is 6.33. The van der Waals surface area contributed by atoms with Crippen molar-refractivity contribution >= 4 is 15.9 Å². The Morgan fingerprint density at radius 3 is 2.59 bits per heavy atom. The van der Waals surface area contributed by atoms with E-state index in [0.717, 1.165) is 23.0 Å². The van der Waals surface area contributed by atoms with Crippen molar-refractivity contribution in [2.45, 2.75) is 52.6 Å². The molecule has 1 heterocycles. The number of halogens is 1. The van der Waals surface area contributed by atoms with Crippen molar-refractivity contribution in [1.82, 2.24) is 15.2 Å². The molecular weight excluding hydrogens is 280 g/mol. The summed E-state index contributed by atoms with van der Waals surface area (Å²) >= 11 is 3.56. The second-order valence-electron chi connectivity index (χ2n) is 4.88.